The lowest BCUT2D eigenvalue weighted by molar-refractivity contribution is -0.111. The number of anilines is 1. The lowest BCUT2D eigenvalue weighted by atomic mass is 10.2. The van der Waals surface area contributed by atoms with Gasteiger partial charge in [0.1, 0.15) is 5.01 Å². The first-order valence-electron chi connectivity index (χ1n) is 8.25. The van der Waals surface area contributed by atoms with Crippen LogP contribution in [0, 0.1) is 0 Å². The second kappa shape index (κ2) is 8.95. The molecule has 0 atom stereocenters. The summed E-state index contributed by atoms with van der Waals surface area (Å²) in [5.41, 5.74) is 1.98. The van der Waals surface area contributed by atoms with Crippen LogP contribution in [0.4, 0.5) is 5.13 Å². The molecule has 7 heteroatoms. The molecule has 0 bridgehead atoms. The molecule has 0 aliphatic carbocycles. The number of nitrogens with one attached hydrogen (secondary N) is 1. The van der Waals surface area contributed by atoms with E-state index in [1.54, 1.807) is 32.4 Å². The summed E-state index contributed by atoms with van der Waals surface area (Å²) in [6, 6.07) is 15.4. The molecule has 6 nitrogen and oxygen atoms in total. The number of carbonyl (C=O) groups is 1. The Labute approximate surface area is 161 Å². The lowest BCUT2D eigenvalue weighted by Crippen LogP contribution is -2.07. The van der Waals surface area contributed by atoms with Gasteiger partial charge in [-0.1, -0.05) is 47.7 Å². The predicted octanol–water partition coefficient (Wildman–Crippen LogP) is 3.80. The number of methoxy groups -OCH3 is 2. The van der Waals surface area contributed by atoms with Gasteiger partial charge in [0, 0.05) is 12.5 Å². The Morgan fingerprint density at radius 1 is 1.07 bits per heavy atom. The van der Waals surface area contributed by atoms with Crippen molar-refractivity contribution in [1.29, 1.82) is 0 Å². The summed E-state index contributed by atoms with van der Waals surface area (Å²) in [4.78, 5) is 12.1. The number of aromatic nitrogens is 2. The number of benzene rings is 2. The quantitative estimate of drug-likeness (QED) is 0.630. The predicted molar refractivity (Wildman–Crippen MR) is 106 cm³/mol. The van der Waals surface area contributed by atoms with Gasteiger partial charge in [0.25, 0.3) is 0 Å². The fraction of sp³-hybridized carbons (Fsp3) is 0.150. The molecule has 0 spiro atoms. The Morgan fingerprint density at radius 3 is 2.59 bits per heavy atom. The van der Waals surface area contributed by atoms with Crippen molar-refractivity contribution in [1.82, 2.24) is 10.2 Å². The summed E-state index contributed by atoms with van der Waals surface area (Å²) in [5.74, 6) is 0.973. The number of carbonyl (C=O) groups excluding carboxylic acids is 1. The maximum atomic E-state index is 12.1. The van der Waals surface area contributed by atoms with Crippen LogP contribution in [0.15, 0.2) is 54.6 Å². The minimum absolute atomic E-state index is 0.271. The third-order valence-electron chi connectivity index (χ3n) is 3.73. The van der Waals surface area contributed by atoms with E-state index in [9.17, 15) is 4.79 Å². The van der Waals surface area contributed by atoms with Crippen molar-refractivity contribution in [2.75, 3.05) is 19.5 Å². The van der Waals surface area contributed by atoms with E-state index in [1.165, 1.54) is 17.4 Å². The summed E-state index contributed by atoms with van der Waals surface area (Å²) < 4.78 is 10.5. The van der Waals surface area contributed by atoms with Crippen molar-refractivity contribution < 1.29 is 14.3 Å². The topological polar surface area (TPSA) is 73.3 Å². The first kappa shape index (κ1) is 18.6. The SMILES string of the molecule is COc1ccc(/C=C/C(=O)Nc2nnc(Cc3ccccc3)s2)cc1OC. The van der Waals surface area contributed by atoms with E-state index < -0.39 is 0 Å². The molecular formula is C20H19N3O3S. The molecule has 0 saturated heterocycles. The highest BCUT2D eigenvalue weighted by Crippen LogP contribution is 2.28. The molecule has 1 N–H and O–H groups in total. The van der Waals surface area contributed by atoms with Crippen LogP contribution in [0.3, 0.4) is 0 Å². The highest BCUT2D eigenvalue weighted by Gasteiger charge is 2.07. The van der Waals surface area contributed by atoms with Gasteiger partial charge < -0.3 is 9.47 Å². The molecule has 0 radical (unpaired) electrons. The third-order valence-corrected chi connectivity index (χ3v) is 4.57. The molecule has 0 aliphatic rings. The molecule has 138 valence electrons. The smallest absolute Gasteiger partial charge is 0.250 e. The highest BCUT2D eigenvalue weighted by molar-refractivity contribution is 7.15. The Morgan fingerprint density at radius 2 is 1.85 bits per heavy atom. The van der Waals surface area contributed by atoms with Gasteiger partial charge in [0.2, 0.25) is 11.0 Å². The van der Waals surface area contributed by atoms with Gasteiger partial charge in [-0.25, -0.2) is 0 Å². The first-order valence-corrected chi connectivity index (χ1v) is 9.07. The Balaban J connectivity index is 1.60. The van der Waals surface area contributed by atoms with Crippen LogP contribution in [-0.2, 0) is 11.2 Å². The van der Waals surface area contributed by atoms with Gasteiger partial charge in [0.15, 0.2) is 11.5 Å². The second-order valence-corrected chi connectivity index (χ2v) is 6.66. The summed E-state index contributed by atoms with van der Waals surface area (Å²) in [7, 11) is 3.15. The molecule has 0 saturated carbocycles. The molecule has 1 amide bonds. The van der Waals surface area contributed by atoms with Crippen LogP contribution >= 0.6 is 11.3 Å². The van der Waals surface area contributed by atoms with Gasteiger partial charge in [-0.15, -0.1) is 10.2 Å². The third kappa shape index (κ3) is 5.15. The Bertz CT molecular complexity index is 939. The fourth-order valence-electron chi connectivity index (χ4n) is 2.42. The molecule has 27 heavy (non-hydrogen) atoms. The van der Waals surface area contributed by atoms with Crippen molar-refractivity contribution in [2.24, 2.45) is 0 Å². The van der Waals surface area contributed by atoms with Crippen LogP contribution in [-0.4, -0.2) is 30.3 Å². The van der Waals surface area contributed by atoms with Crippen LogP contribution in [0.25, 0.3) is 6.08 Å². The van der Waals surface area contributed by atoms with E-state index in [-0.39, 0.29) is 5.91 Å². The van der Waals surface area contributed by atoms with E-state index in [2.05, 4.69) is 15.5 Å². The largest absolute Gasteiger partial charge is 0.493 e. The number of ether oxygens (including phenoxy) is 2. The van der Waals surface area contributed by atoms with Crippen LogP contribution in [0.5, 0.6) is 11.5 Å². The average Bonchev–Trinajstić information content (AvgIpc) is 3.13. The van der Waals surface area contributed by atoms with Gasteiger partial charge in [0.05, 0.1) is 14.2 Å². The standard InChI is InChI=1S/C20H19N3O3S/c1-25-16-10-8-15(12-17(16)26-2)9-11-18(24)21-20-23-22-19(27-20)13-14-6-4-3-5-7-14/h3-12H,13H2,1-2H3,(H,21,23,24)/b11-9+. The summed E-state index contributed by atoms with van der Waals surface area (Å²) in [5, 5.41) is 12.2. The zero-order valence-corrected chi connectivity index (χ0v) is 15.8. The Kier molecular flexibility index (Phi) is 6.17. The summed E-state index contributed by atoms with van der Waals surface area (Å²) >= 11 is 1.36. The van der Waals surface area contributed by atoms with E-state index in [1.807, 2.05) is 36.4 Å². The van der Waals surface area contributed by atoms with Crippen molar-refractivity contribution in [3.05, 3.63) is 70.7 Å². The number of hydrogen-bond donors (Lipinski definition) is 1. The first-order chi connectivity index (χ1) is 13.2. The van der Waals surface area contributed by atoms with Gasteiger partial charge >= 0.3 is 0 Å². The molecule has 0 unspecified atom stereocenters. The number of amides is 1. The second-order valence-electron chi connectivity index (χ2n) is 5.60. The molecule has 2 aromatic carbocycles. The maximum Gasteiger partial charge on any atom is 0.250 e. The zero-order chi connectivity index (χ0) is 19.1. The summed E-state index contributed by atoms with van der Waals surface area (Å²) in [6.07, 6.45) is 3.83. The van der Waals surface area contributed by atoms with Gasteiger partial charge in [-0.05, 0) is 29.3 Å². The van der Waals surface area contributed by atoms with E-state index in [0.717, 1.165) is 16.1 Å². The van der Waals surface area contributed by atoms with Crippen molar-refractivity contribution >= 4 is 28.5 Å². The summed E-state index contributed by atoms with van der Waals surface area (Å²) in [6.45, 7) is 0. The lowest BCUT2D eigenvalue weighted by Gasteiger charge is -2.07. The minimum atomic E-state index is -0.271. The number of hydrogen-bond acceptors (Lipinski definition) is 6. The average molecular weight is 381 g/mol. The number of rotatable bonds is 7. The minimum Gasteiger partial charge on any atom is -0.493 e. The normalized spacial score (nSPS) is 10.7. The Hall–Kier alpha value is -3.19. The van der Waals surface area contributed by atoms with E-state index >= 15 is 0 Å². The van der Waals surface area contributed by atoms with Crippen LogP contribution in [0.1, 0.15) is 16.1 Å². The van der Waals surface area contributed by atoms with Gasteiger partial charge in [-0.3, -0.25) is 10.1 Å². The zero-order valence-electron chi connectivity index (χ0n) is 15.0. The van der Waals surface area contributed by atoms with Crippen molar-refractivity contribution in [3.63, 3.8) is 0 Å². The van der Waals surface area contributed by atoms with E-state index in [4.69, 9.17) is 9.47 Å². The van der Waals surface area contributed by atoms with Crippen molar-refractivity contribution in [3.8, 4) is 11.5 Å². The number of nitrogens with zero attached hydrogens (tertiary/aromatic N) is 2. The highest BCUT2D eigenvalue weighted by atomic mass is 32.1. The molecule has 3 rings (SSSR count). The van der Waals surface area contributed by atoms with Crippen LogP contribution < -0.4 is 14.8 Å². The molecule has 0 fully saturated rings. The van der Waals surface area contributed by atoms with E-state index in [0.29, 0.717) is 23.1 Å². The fourth-order valence-corrected chi connectivity index (χ4v) is 3.20. The van der Waals surface area contributed by atoms with Crippen molar-refractivity contribution in [2.45, 2.75) is 6.42 Å². The molecular weight excluding hydrogens is 362 g/mol. The molecule has 0 aliphatic heterocycles. The van der Waals surface area contributed by atoms with Gasteiger partial charge in [-0.2, -0.15) is 0 Å². The monoisotopic (exact) mass is 381 g/mol. The molecule has 3 aromatic rings. The van der Waals surface area contributed by atoms with Crippen LogP contribution in [0.2, 0.25) is 0 Å². The molecule has 1 heterocycles. The molecule has 1 aromatic heterocycles. The maximum absolute atomic E-state index is 12.1.